The van der Waals surface area contributed by atoms with Gasteiger partial charge in [0.25, 0.3) is 5.91 Å². The number of benzene rings is 3. The summed E-state index contributed by atoms with van der Waals surface area (Å²) in [6, 6.07) is 22.2. The third-order valence-corrected chi connectivity index (χ3v) is 3.51. The van der Waals surface area contributed by atoms with E-state index in [1.54, 1.807) is 42.5 Å². The monoisotopic (exact) mass is 348 g/mol. The van der Waals surface area contributed by atoms with E-state index in [2.05, 4.69) is 5.48 Å². The zero-order valence-corrected chi connectivity index (χ0v) is 13.7. The molecule has 0 fully saturated rings. The van der Waals surface area contributed by atoms with Gasteiger partial charge in [-0.3, -0.25) is 4.79 Å². The molecule has 0 aromatic heterocycles. The van der Waals surface area contributed by atoms with E-state index < -0.39 is 11.9 Å². The highest BCUT2D eigenvalue weighted by Gasteiger charge is 2.13. The second-order valence-corrected chi connectivity index (χ2v) is 5.35. The van der Waals surface area contributed by atoms with Gasteiger partial charge in [0.05, 0.1) is 5.56 Å². The van der Waals surface area contributed by atoms with Crippen LogP contribution in [0.3, 0.4) is 0 Å². The molecule has 6 nitrogen and oxygen atoms in total. The van der Waals surface area contributed by atoms with Crippen molar-refractivity contribution in [3.05, 3.63) is 90.0 Å². The van der Waals surface area contributed by atoms with Gasteiger partial charge in [0.2, 0.25) is 0 Å². The van der Waals surface area contributed by atoms with Gasteiger partial charge >= 0.3 is 5.97 Å². The Balaban J connectivity index is 1.58. The normalized spacial score (nSPS) is 10.0. The molecule has 3 rings (SSSR count). The quantitative estimate of drug-likeness (QED) is 0.556. The largest absolute Gasteiger partial charge is 0.457 e. The topological polar surface area (TPSA) is 90.7 Å². The minimum Gasteiger partial charge on any atom is -0.457 e. The lowest BCUT2D eigenvalue weighted by Crippen LogP contribution is -2.27. The molecule has 0 aliphatic heterocycles. The van der Waals surface area contributed by atoms with Crippen molar-refractivity contribution in [3.8, 4) is 11.5 Å². The molecule has 0 saturated carbocycles. The molecule has 0 saturated heterocycles. The van der Waals surface area contributed by atoms with Crippen LogP contribution in [-0.2, 0) is 4.84 Å². The van der Waals surface area contributed by atoms with Crippen LogP contribution in [-0.4, -0.2) is 11.9 Å². The second kappa shape index (κ2) is 7.85. The molecule has 0 atom stereocenters. The molecule has 1 amide bonds. The summed E-state index contributed by atoms with van der Waals surface area (Å²) >= 11 is 0. The summed E-state index contributed by atoms with van der Waals surface area (Å²) in [7, 11) is 0. The second-order valence-electron chi connectivity index (χ2n) is 5.35. The highest BCUT2D eigenvalue weighted by Crippen LogP contribution is 2.21. The molecule has 3 aromatic rings. The van der Waals surface area contributed by atoms with E-state index in [4.69, 9.17) is 15.3 Å². The number of ether oxygens (including phenoxy) is 1. The molecule has 26 heavy (non-hydrogen) atoms. The van der Waals surface area contributed by atoms with E-state index in [0.717, 1.165) is 0 Å². The highest BCUT2D eigenvalue weighted by molar-refractivity contribution is 5.98. The average Bonchev–Trinajstić information content (AvgIpc) is 2.67. The van der Waals surface area contributed by atoms with Crippen molar-refractivity contribution in [1.29, 1.82) is 0 Å². The van der Waals surface area contributed by atoms with Gasteiger partial charge < -0.3 is 15.3 Å². The Morgan fingerprint density at radius 1 is 0.769 bits per heavy atom. The maximum atomic E-state index is 12.1. The number of nitrogens with two attached hydrogens (primary N) is 1. The molecule has 0 radical (unpaired) electrons. The van der Waals surface area contributed by atoms with Crippen LogP contribution < -0.4 is 16.0 Å². The van der Waals surface area contributed by atoms with Crippen molar-refractivity contribution in [2.24, 2.45) is 0 Å². The number of amides is 1. The van der Waals surface area contributed by atoms with Crippen molar-refractivity contribution in [3.63, 3.8) is 0 Å². The lowest BCUT2D eigenvalue weighted by atomic mass is 10.2. The number of carbonyl (C=O) groups is 2. The fraction of sp³-hybridized carbons (Fsp3) is 0. The summed E-state index contributed by atoms with van der Waals surface area (Å²) in [6.45, 7) is 0. The summed E-state index contributed by atoms with van der Waals surface area (Å²) in [4.78, 5) is 28.8. The van der Waals surface area contributed by atoms with Gasteiger partial charge in [0.15, 0.2) is 0 Å². The Bertz CT molecular complexity index is 909. The number of nitrogens with one attached hydrogen (secondary N) is 1. The van der Waals surface area contributed by atoms with Gasteiger partial charge in [-0.25, -0.2) is 4.79 Å². The number of nitrogen functional groups attached to an aromatic ring is 1. The fourth-order valence-corrected chi connectivity index (χ4v) is 2.19. The Kier molecular flexibility index (Phi) is 5.14. The van der Waals surface area contributed by atoms with Crippen molar-refractivity contribution >= 4 is 17.6 Å². The molecule has 6 heteroatoms. The van der Waals surface area contributed by atoms with E-state index in [0.29, 0.717) is 17.1 Å². The first-order valence-corrected chi connectivity index (χ1v) is 7.82. The van der Waals surface area contributed by atoms with Gasteiger partial charge in [0.1, 0.15) is 11.5 Å². The van der Waals surface area contributed by atoms with Gasteiger partial charge in [0, 0.05) is 11.3 Å². The Morgan fingerprint density at radius 3 is 2.08 bits per heavy atom. The van der Waals surface area contributed by atoms with Crippen LogP contribution in [0.1, 0.15) is 20.7 Å². The molecule has 130 valence electrons. The summed E-state index contributed by atoms with van der Waals surface area (Å²) in [5.41, 5.74) is 8.57. The van der Waals surface area contributed by atoms with Crippen molar-refractivity contribution in [2.45, 2.75) is 0 Å². The first kappa shape index (κ1) is 17.0. The van der Waals surface area contributed by atoms with E-state index in [-0.39, 0.29) is 11.3 Å². The van der Waals surface area contributed by atoms with Crippen molar-refractivity contribution < 1.29 is 19.2 Å². The Morgan fingerprint density at radius 2 is 1.38 bits per heavy atom. The summed E-state index contributed by atoms with van der Waals surface area (Å²) in [5.74, 6) is -0.0134. The third kappa shape index (κ3) is 4.18. The number of hydroxylamine groups is 1. The number of para-hydroxylation sites is 2. The van der Waals surface area contributed by atoms with Crippen LogP contribution in [0.25, 0.3) is 0 Å². The summed E-state index contributed by atoms with van der Waals surface area (Å²) in [6.07, 6.45) is 0. The SMILES string of the molecule is Nc1ccccc1C(=O)ONC(=O)c1ccc(Oc2ccccc2)cc1. The van der Waals surface area contributed by atoms with Crippen LogP contribution in [0.2, 0.25) is 0 Å². The van der Waals surface area contributed by atoms with Crippen LogP contribution in [0, 0.1) is 0 Å². The predicted molar refractivity (Wildman–Crippen MR) is 96.7 cm³/mol. The standard InChI is InChI=1S/C20H16N2O4/c21-18-9-5-4-8-17(18)20(24)26-22-19(23)14-10-12-16(13-11-14)25-15-6-2-1-3-7-15/h1-13H,21H2,(H,22,23). The van der Waals surface area contributed by atoms with Crippen molar-refractivity contribution in [1.82, 2.24) is 5.48 Å². The van der Waals surface area contributed by atoms with Gasteiger partial charge in [-0.1, -0.05) is 30.3 Å². The summed E-state index contributed by atoms with van der Waals surface area (Å²) < 4.78 is 5.65. The minimum atomic E-state index is -0.736. The lowest BCUT2D eigenvalue weighted by molar-refractivity contribution is 0.0231. The highest BCUT2D eigenvalue weighted by atomic mass is 16.7. The van der Waals surface area contributed by atoms with Crippen LogP contribution in [0.4, 0.5) is 5.69 Å². The van der Waals surface area contributed by atoms with Crippen LogP contribution >= 0.6 is 0 Å². The summed E-state index contributed by atoms with van der Waals surface area (Å²) in [5, 5.41) is 0. The number of anilines is 1. The zero-order valence-electron chi connectivity index (χ0n) is 13.7. The number of rotatable bonds is 4. The third-order valence-electron chi connectivity index (χ3n) is 3.51. The maximum Gasteiger partial charge on any atom is 0.365 e. The Hall–Kier alpha value is -3.80. The smallest absolute Gasteiger partial charge is 0.365 e. The maximum absolute atomic E-state index is 12.1. The molecule has 0 bridgehead atoms. The fourth-order valence-electron chi connectivity index (χ4n) is 2.19. The number of carbonyl (C=O) groups excluding carboxylic acids is 2. The molecule has 0 aliphatic rings. The average molecular weight is 348 g/mol. The molecule has 0 unspecified atom stereocenters. The number of hydrogen-bond acceptors (Lipinski definition) is 5. The van der Waals surface area contributed by atoms with Gasteiger partial charge in [-0.05, 0) is 48.5 Å². The lowest BCUT2D eigenvalue weighted by Gasteiger charge is -2.08. The van der Waals surface area contributed by atoms with Crippen LogP contribution in [0.15, 0.2) is 78.9 Å². The molecule has 0 aliphatic carbocycles. The first-order chi connectivity index (χ1) is 12.6. The molecule has 3 N–H and O–H groups in total. The zero-order chi connectivity index (χ0) is 18.4. The molecule has 0 heterocycles. The Labute approximate surface area is 150 Å². The van der Waals surface area contributed by atoms with E-state index >= 15 is 0 Å². The molecular weight excluding hydrogens is 332 g/mol. The predicted octanol–water partition coefficient (Wildman–Crippen LogP) is 3.56. The number of hydrogen-bond donors (Lipinski definition) is 2. The first-order valence-electron chi connectivity index (χ1n) is 7.82. The molecular formula is C20H16N2O4. The van der Waals surface area contributed by atoms with E-state index in [1.165, 1.54) is 6.07 Å². The van der Waals surface area contributed by atoms with E-state index in [9.17, 15) is 9.59 Å². The van der Waals surface area contributed by atoms with Crippen molar-refractivity contribution in [2.75, 3.05) is 5.73 Å². The minimum absolute atomic E-state index is 0.180. The molecule has 0 spiro atoms. The van der Waals surface area contributed by atoms with Gasteiger partial charge in [-0.2, -0.15) is 5.48 Å². The van der Waals surface area contributed by atoms with Crippen LogP contribution in [0.5, 0.6) is 11.5 Å². The van der Waals surface area contributed by atoms with Gasteiger partial charge in [-0.15, -0.1) is 0 Å². The van der Waals surface area contributed by atoms with E-state index in [1.807, 2.05) is 30.3 Å². The molecule has 3 aromatic carbocycles.